The zero-order valence-corrected chi connectivity index (χ0v) is 9.80. The minimum atomic E-state index is -0.952. The molecule has 0 radical (unpaired) electrons. The Labute approximate surface area is 98.6 Å². The molecule has 5 nitrogen and oxygen atoms in total. The monoisotopic (exact) mass is 234 g/mol. The first-order valence-corrected chi connectivity index (χ1v) is 5.33. The molecule has 0 fully saturated rings. The first-order chi connectivity index (χ1) is 8.15. The number of carboxylic acid groups (broad SMARTS) is 1. The van der Waals surface area contributed by atoms with Crippen LogP contribution in [0.3, 0.4) is 0 Å². The molecule has 5 heteroatoms. The van der Waals surface area contributed by atoms with Crippen molar-refractivity contribution in [2.24, 2.45) is 0 Å². The van der Waals surface area contributed by atoms with Gasteiger partial charge in [0.15, 0.2) is 0 Å². The number of fused-ring (bicyclic) bond motifs is 1. The third-order valence-corrected chi connectivity index (χ3v) is 2.72. The molecule has 0 atom stereocenters. The molecule has 1 heterocycles. The Hall–Kier alpha value is -1.88. The lowest BCUT2D eigenvalue weighted by atomic mass is 10.2. The number of carbonyl (C=O) groups is 1. The second kappa shape index (κ2) is 4.55. The van der Waals surface area contributed by atoms with E-state index in [0.717, 1.165) is 11.3 Å². The molecule has 0 aliphatic heterocycles. The average molecular weight is 234 g/mol. The molecule has 0 bridgehead atoms. The zero-order valence-electron chi connectivity index (χ0n) is 9.80. The van der Waals surface area contributed by atoms with Gasteiger partial charge in [0.05, 0.1) is 17.7 Å². The van der Waals surface area contributed by atoms with Gasteiger partial charge in [-0.15, -0.1) is 0 Å². The molecule has 0 unspecified atom stereocenters. The van der Waals surface area contributed by atoms with Crippen molar-refractivity contribution in [3.05, 3.63) is 29.6 Å². The highest BCUT2D eigenvalue weighted by Gasteiger charge is 2.14. The number of imidazole rings is 1. The number of benzene rings is 1. The molecule has 0 aliphatic carbocycles. The van der Waals surface area contributed by atoms with Gasteiger partial charge in [0.1, 0.15) is 11.3 Å². The standard InChI is InChI=1S/C12H14N2O3/c1-8-13-11-9(12(15)16)4-3-5-10(11)14(8)6-7-17-2/h3-5H,6-7H2,1-2H3,(H,15,16). The highest BCUT2D eigenvalue weighted by atomic mass is 16.5. The van der Waals surface area contributed by atoms with Gasteiger partial charge in [-0.05, 0) is 19.1 Å². The normalized spacial score (nSPS) is 10.9. The van der Waals surface area contributed by atoms with Crippen LogP contribution in [0, 0.1) is 6.92 Å². The van der Waals surface area contributed by atoms with Gasteiger partial charge in [-0.3, -0.25) is 0 Å². The summed E-state index contributed by atoms with van der Waals surface area (Å²) in [6, 6.07) is 5.17. The Morgan fingerprint density at radius 2 is 2.29 bits per heavy atom. The van der Waals surface area contributed by atoms with Crippen LogP contribution < -0.4 is 0 Å². The summed E-state index contributed by atoms with van der Waals surface area (Å²) >= 11 is 0. The van der Waals surface area contributed by atoms with E-state index in [1.165, 1.54) is 0 Å². The van der Waals surface area contributed by atoms with E-state index in [1.807, 2.05) is 17.6 Å². The van der Waals surface area contributed by atoms with Crippen LogP contribution in [0.2, 0.25) is 0 Å². The van der Waals surface area contributed by atoms with Crippen LogP contribution in [-0.4, -0.2) is 34.3 Å². The number of methoxy groups -OCH3 is 1. The Morgan fingerprint density at radius 1 is 1.53 bits per heavy atom. The molecule has 0 saturated heterocycles. The van der Waals surface area contributed by atoms with Gasteiger partial charge < -0.3 is 14.4 Å². The fraction of sp³-hybridized carbons (Fsp3) is 0.333. The fourth-order valence-electron chi connectivity index (χ4n) is 1.90. The van der Waals surface area contributed by atoms with Crippen LogP contribution in [0.15, 0.2) is 18.2 Å². The second-order valence-electron chi connectivity index (χ2n) is 3.78. The lowest BCUT2D eigenvalue weighted by Crippen LogP contribution is -2.05. The summed E-state index contributed by atoms with van der Waals surface area (Å²) in [4.78, 5) is 15.4. The van der Waals surface area contributed by atoms with E-state index in [0.29, 0.717) is 18.7 Å². The third-order valence-electron chi connectivity index (χ3n) is 2.72. The number of hydrogen-bond acceptors (Lipinski definition) is 3. The number of hydrogen-bond donors (Lipinski definition) is 1. The van der Waals surface area contributed by atoms with Crippen molar-refractivity contribution in [2.45, 2.75) is 13.5 Å². The van der Waals surface area contributed by atoms with Gasteiger partial charge in [0, 0.05) is 13.7 Å². The number of nitrogens with zero attached hydrogens (tertiary/aromatic N) is 2. The van der Waals surface area contributed by atoms with E-state index in [9.17, 15) is 4.79 Å². The maximum Gasteiger partial charge on any atom is 0.337 e. The van der Waals surface area contributed by atoms with Gasteiger partial charge in [0.2, 0.25) is 0 Å². The van der Waals surface area contributed by atoms with Gasteiger partial charge in [-0.2, -0.15) is 0 Å². The Bertz CT molecular complexity index is 560. The van der Waals surface area contributed by atoms with Crippen LogP contribution in [0.5, 0.6) is 0 Å². The molecule has 0 amide bonds. The average Bonchev–Trinajstić information content (AvgIpc) is 2.61. The fourth-order valence-corrected chi connectivity index (χ4v) is 1.90. The molecule has 2 rings (SSSR count). The minimum absolute atomic E-state index is 0.238. The maximum atomic E-state index is 11.1. The van der Waals surface area contributed by atoms with E-state index < -0.39 is 5.97 Å². The van der Waals surface area contributed by atoms with E-state index in [4.69, 9.17) is 9.84 Å². The van der Waals surface area contributed by atoms with Crippen LogP contribution >= 0.6 is 0 Å². The Kier molecular flexibility index (Phi) is 3.10. The van der Waals surface area contributed by atoms with Crippen LogP contribution in [0.4, 0.5) is 0 Å². The number of carboxylic acids is 1. The smallest absolute Gasteiger partial charge is 0.337 e. The van der Waals surface area contributed by atoms with E-state index >= 15 is 0 Å². The van der Waals surface area contributed by atoms with Crippen molar-refractivity contribution in [1.29, 1.82) is 0 Å². The number of aromatic carboxylic acids is 1. The molecular weight excluding hydrogens is 220 g/mol. The summed E-state index contributed by atoms with van der Waals surface area (Å²) in [5.74, 6) is -0.155. The largest absolute Gasteiger partial charge is 0.478 e. The quantitative estimate of drug-likeness (QED) is 0.874. The first-order valence-electron chi connectivity index (χ1n) is 5.33. The highest BCUT2D eigenvalue weighted by molar-refractivity contribution is 6.01. The lowest BCUT2D eigenvalue weighted by Gasteiger charge is -2.05. The van der Waals surface area contributed by atoms with Gasteiger partial charge in [-0.1, -0.05) is 6.07 Å². The first kappa shape index (κ1) is 11.6. The maximum absolute atomic E-state index is 11.1. The van der Waals surface area contributed by atoms with Crippen LogP contribution in [0.1, 0.15) is 16.2 Å². The van der Waals surface area contributed by atoms with Gasteiger partial charge in [0.25, 0.3) is 0 Å². The number of rotatable bonds is 4. The van der Waals surface area contributed by atoms with Gasteiger partial charge in [-0.25, -0.2) is 9.78 Å². The van der Waals surface area contributed by atoms with E-state index in [-0.39, 0.29) is 5.56 Å². The number of para-hydroxylation sites is 1. The van der Waals surface area contributed by atoms with Crippen molar-refractivity contribution >= 4 is 17.0 Å². The summed E-state index contributed by atoms with van der Waals surface area (Å²) in [7, 11) is 1.64. The lowest BCUT2D eigenvalue weighted by molar-refractivity contribution is 0.0699. The predicted octanol–water partition coefficient (Wildman–Crippen LogP) is 1.69. The summed E-state index contributed by atoms with van der Waals surface area (Å²) in [5.41, 5.74) is 1.61. The minimum Gasteiger partial charge on any atom is -0.478 e. The molecule has 0 spiro atoms. The van der Waals surface area contributed by atoms with Crippen molar-refractivity contribution in [1.82, 2.24) is 9.55 Å². The molecule has 0 aliphatic rings. The predicted molar refractivity (Wildman–Crippen MR) is 63.3 cm³/mol. The SMILES string of the molecule is COCCn1c(C)nc2c(C(=O)O)cccc21. The molecule has 0 saturated carbocycles. The highest BCUT2D eigenvalue weighted by Crippen LogP contribution is 2.19. The van der Waals surface area contributed by atoms with Crippen LogP contribution in [-0.2, 0) is 11.3 Å². The molecule has 17 heavy (non-hydrogen) atoms. The number of ether oxygens (including phenoxy) is 1. The molecular formula is C12H14N2O3. The van der Waals surface area contributed by atoms with Gasteiger partial charge >= 0.3 is 5.97 Å². The summed E-state index contributed by atoms with van der Waals surface area (Å²) in [5, 5.41) is 9.09. The molecule has 1 N–H and O–H groups in total. The van der Waals surface area contributed by atoms with E-state index in [1.54, 1.807) is 19.2 Å². The van der Waals surface area contributed by atoms with Crippen molar-refractivity contribution in [3.8, 4) is 0 Å². The zero-order chi connectivity index (χ0) is 12.4. The van der Waals surface area contributed by atoms with Crippen LogP contribution in [0.25, 0.3) is 11.0 Å². The number of aromatic nitrogens is 2. The Morgan fingerprint density at radius 3 is 2.94 bits per heavy atom. The number of aryl methyl sites for hydroxylation is 1. The molecule has 2 aromatic rings. The van der Waals surface area contributed by atoms with Crippen molar-refractivity contribution in [3.63, 3.8) is 0 Å². The third kappa shape index (κ3) is 2.01. The van der Waals surface area contributed by atoms with Crippen molar-refractivity contribution in [2.75, 3.05) is 13.7 Å². The second-order valence-corrected chi connectivity index (χ2v) is 3.78. The topological polar surface area (TPSA) is 64.4 Å². The molecule has 1 aromatic carbocycles. The molecule has 90 valence electrons. The van der Waals surface area contributed by atoms with E-state index in [2.05, 4.69) is 4.98 Å². The van der Waals surface area contributed by atoms with Crippen molar-refractivity contribution < 1.29 is 14.6 Å². The molecule has 1 aromatic heterocycles. The summed E-state index contributed by atoms with van der Waals surface area (Å²) in [6.45, 7) is 3.10. The summed E-state index contributed by atoms with van der Waals surface area (Å²) in [6.07, 6.45) is 0. The Balaban J connectivity index is 2.59. The summed E-state index contributed by atoms with van der Waals surface area (Å²) < 4.78 is 7.00.